The Morgan fingerprint density at radius 2 is 1.90 bits per heavy atom. The Bertz CT molecular complexity index is 1270. The molecule has 0 atom stereocenters. The number of aromatic nitrogens is 2. The first-order valence-electron chi connectivity index (χ1n) is 9.37. The fraction of sp³-hybridized carbons (Fsp3) is 0.238. The second-order valence-electron chi connectivity index (χ2n) is 7.11. The van der Waals surface area contributed by atoms with Gasteiger partial charge < -0.3 is 14.8 Å². The van der Waals surface area contributed by atoms with Crippen molar-refractivity contribution >= 4 is 33.2 Å². The summed E-state index contributed by atoms with van der Waals surface area (Å²) < 4.78 is 36.2. The van der Waals surface area contributed by atoms with Crippen LogP contribution in [0.4, 0.5) is 5.82 Å². The number of amides is 1. The molecule has 4 rings (SSSR count). The minimum Gasteiger partial charge on any atom is -0.493 e. The minimum absolute atomic E-state index is 0.0581. The number of anilines is 1. The van der Waals surface area contributed by atoms with E-state index in [1.807, 2.05) is 0 Å². The smallest absolute Gasteiger partial charge is 0.229 e. The first-order valence-corrected chi connectivity index (χ1v) is 11.6. The van der Waals surface area contributed by atoms with Gasteiger partial charge in [0.05, 0.1) is 43.5 Å². The van der Waals surface area contributed by atoms with Gasteiger partial charge in [0.2, 0.25) is 5.91 Å². The van der Waals surface area contributed by atoms with Crippen LogP contribution >= 0.6 is 11.6 Å². The molecular weight excluding hydrogens is 442 g/mol. The summed E-state index contributed by atoms with van der Waals surface area (Å²) in [6.07, 6.45) is 0.0581. The first kappa shape index (κ1) is 21.2. The maximum atomic E-state index is 12.8. The van der Waals surface area contributed by atoms with E-state index in [0.29, 0.717) is 44.8 Å². The molecule has 3 aromatic rings. The Balaban J connectivity index is 1.65. The van der Waals surface area contributed by atoms with Gasteiger partial charge >= 0.3 is 0 Å². The van der Waals surface area contributed by atoms with E-state index < -0.39 is 9.84 Å². The lowest BCUT2D eigenvalue weighted by atomic mass is 10.1. The molecule has 0 bridgehead atoms. The second kappa shape index (κ2) is 8.24. The van der Waals surface area contributed by atoms with E-state index in [2.05, 4.69) is 10.4 Å². The summed E-state index contributed by atoms with van der Waals surface area (Å²) in [6, 6.07) is 12.2. The summed E-state index contributed by atoms with van der Waals surface area (Å²) in [6.45, 7) is 0. The van der Waals surface area contributed by atoms with Gasteiger partial charge in [-0.25, -0.2) is 13.1 Å². The number of methoxy groups -OCH3 is 2. The van der Waals surface area contributed by atoms with Crippen molar-refractivity contribution in [1.29, 1.82) is 0 Å². The molecular formula is C21H20ClN3O5S. The molecule has 1 aromatic heterocycles. The molecule has 1 aliphatic heterocycles. The van der Waals surface area contributed by atoms with Crippen molar-refractivity contribution in [2.45, 2.75) is 17.9 Å². The van der Waals surface area contributed by atoms with Gasteiger partial charge in [-0.3, -0.25) is 4.79 Å². The zero-order valence-electron chi connectivity index (χ0n) is 16.9. The molecule has 162 valence electrons. The Labute approximate surface area is 184 Å². The van der Waals surface area contributed by atoms with Gasteiger partial charge in [-0.2, -0.15) is 5.10 Å². The second-order valence-corrected chi connectivity index (χ2v) is 9.61. The van der Waals surface area contributed by atoms with Crippen LogP contribution in [-0.2, 0) is 32.6 Å². The van der Waals surface area contributed by atoms with E-state index in [1.54, 1.807) is 42.5 Å². The largest absolute Gasteiger partial charge is 0.493 e. The monoisotopic (exact) mass is 461 g/mol. The summed E-state index contributed by atoms with van der Waals surface area (Å²) in [5, 5.41) is 7.78. The highest BCUT2D eigenvalue weighted by molar-refractivity contribution is 7.90. The van der Waals surface area contributed by atoms with Crippen LogP contribution in [0, 0.1) is 0 Å². The number of nitrogens with zero attached hydrogens (tertiary/aromatic N) is 2. The van der Waals surface area contributed by atoms with E-state index in [1.165, 1.54) is 18.9 Å². The van der Waals surface area contributed by atoms with E-state index in [9.17, 15) is 13.2 Å². The lowest BCUT2D eigenvalue weighted by molar-refractivity contribution is -0.115. The van der Waals surface area contributed by atoms with Crippen LogP contribution in [-0.4, -0.2) is 38.3 Å². The van der Waals surface area contributed by atoms with Crippen molar-refractivity contribution in [3.8, 4) is 17.2 Å². The number of nitrogens with one attached hydrogen (secondary N) is 1. The van der Waals surface area contributed by atoms with Gasteiger partial charge in [0.25, 0.3) is 0 Å². The number of carbonyl (C=O) groups excluding carboxylic acids is 1. The number of benzene rings is 2. The summed E-state index contributed by atoms with van der Waals surface area (Å²) in [5.41, 5.74) is 2.27. The highest BCUT2D eigenvalue weighted by atomic mass is 35.5. The molecule has 1 aliphatic rings. The molecule has 31 heavy (non-hydrogen) atoms. The third-order valence-corrected chi connectivity index (χ3v) is 6.59. The summed E-state index contributed by atoms with van der Waals surface area (Å²) in [7, 11) is -0.226. The SMILES string of the molecule is COc1ccc(CC(=O)Nc2c3c(nn2-c2cccc(Cl)c2)CS(=O)(=O)C3)cc1OC. The van der Waals surface area contributed by atoms with Crippen LogP contribution in [0.3, 0.4) is 0 Å². The molecule has 1 N–H and O–H groups in total. The fourth-order valence-electron chi connectivity index (χ4n) is 3.52. The highest BCUT2D eigenvalue weighted by Crippen LogP contribution is 2.34. The molecule has 2 aromatic carbocycles. The summed E-state index contributed by atoms with van der Waals surface area (Å²) in [5.74, 6) is 0.771. The standard InChI is InChI=1S/C21H20ClN3O5S/c1-29-18-7-6-13(8-19(18)30-2)9-20(26)23-21-16-11-31(27,28)12-17(16)24-25(21)15-5-3-4-14(22)10-15/h3-8,10H,9,11-12H2,1-2H3,(H,23,26). The maximum absolute atomic E-state index is 12.8. The number of halogens is 1. The van der Waals surface area contributed by atoms with Crippen molar-refractivity contribution in [3.63, 3.8) is 0 Å². The molecule has 0 spiro atoms. The molecule has 0 radical (unpaired) electrons. The normalized spacial score (nSPS) is 14.2. The van der Waals surface area contributed by atoms with Crippen LogP contribution in [0.25, 0.3) is 5.69 Å². The molecule has 0 unspecified atom stereocenters. The summed E-state index contributed by atoms with van der Waals surface area (Å²) in [4.78, 5) is 12.8. The molecule has 1 amide bonds. The predicted octanol–water partition coefficient (Wildman–Crippen LogP) is 3.15. The molecule has 0 aliphatic carbocycles. The van der Waals surface area contributed by atoms with Gasteiger partial charge in [-0.1, -0.05) is 23.7 Å². The first-order chi connectivity index (χ1) is 14.8. The van der Waals surface area contributed by atoms with E-state index in [4.69, 9.17) is 21.1 Å². The number of rotatable bonds is 6. The van der Waals surface area contributed by atoms with Crippen molar-refractivity contribution in [2.24, 2.45) is 0 Å². The number of hydrogen-bond acceptors (Lipinski definition) is 6. The number of ether oxygens (including phenoxy) is 2. The zero-order chi connectivity index (χ0) is 22.2. The van der Waals surface area contributed by atoms with Gasteiger partial charge in [-0.05, 0) is 35.9 Å². The number of hydrogen-bond donors (Lipinski definition) is 1. The van der Waals surface area contributed by atoms with E-state index in [-0.39, 0.29) is 23.8 Å². The van der Waals surface area contributed by atoms with Crippen LogP contribution in [0.2, 0.25) is 5.02 Å². The van der Waals surface area contributed by atoms with E-state index >= 15 is 0 Å². The number of carbonyl (C=O) groups is 1. The van der Waals surface area contributed by atoms with Crippen LogP contribution in [0.1, 0.15) is 16.8 Å². The Morgan fingerprint density at radius 1 is 1.13 bits per heavy atom. The zero-order valence-corrected chi connectivity index (χ0v) is 18.5. The Morgan fingerprint density at radius 3 is 2.61 bits per heavy atom. The quantitative estimate of drug-likeness (QED) is 0.605. The predicted molar refractivity (Wildman–Crippen MR) is 117 cm³/mol. The van der Waals surface area contributed by atoms with Gasteiger partial charge in [0.1, 0.15) is 5.82 Å². The molecule has 0 fully saturated rings. The molecule has 10 heteroatoms. The lowest BCUT2D eigenvalue weighted by Crippen LogP contribution is -2.18. The van der Waals surface area contributed by atoms with E-state index in [0.717, 1.165) is 0 Å². The number of fused-ring (bicyclic) bond motifs is 1. The van der Waals surface area contributed by atoms with Gasteiger partial charge in [0, 0.05) is 10.6 Å². The van der Waals surface area contributed by atoms with Crippen molar-refractivity contribution in [1.82, 2.24) is 9.78 Å². The van der Waals surface area contributed by atoms with Gasteiger partial charge in [0.15, 0.2) is 21.3 Å². The lowest BCUT2D eigenvalue weighted by Gasteiger charge is -2.12. The number of sulfone groups is 1. The Hall–Kier alpha value is -3.04. The van der Waals surface area contributed by atoms with Crippen LogP contribution in [0.5, 0.6) is 11.5 Å². The van der Waals surface area contributed by atoms with Crippen LogP contribution < -0.4 is 14.8 Å². The van der Waals surface area contributed by atoms with Crippen molar-refractivity contribution in [2.75, 3.05) is 19.5 Å². The highest BCUT2D eigenvalue weighted by Gasteiger charge is 2.33. The molecule has 8 nitrogen and oxygen atoms in total. The van der Waals surface area contributed by atoms with Crippen molar-refractivity contribution in [3.05, 3.63) is 64.3 Å². The molecule has 0 saturated carbocycles. The minimum atomic E-state index is -3.29. The molecule has 0 saturated heterocycles. The van der Waals surface area contributed by atoms with Crippen LogP contribution in [0.15, 0.2) is 42.5 Å². The molecule has 2 heterocycles. The third kappa shape index (κ3) is 4.38. The average molecular weight is 462 g/mol. The van der Waals surface area contributed by atoms with Crippen molar-refractivity contribution < 1.29 is 22.7 Å². The topological polar surface area (TPSA) is 99.5 Å². The third-order valence-electron chi connectivity index (χ3n) is 4.91. The average Bonchev–Trinajstić information content (AvgIpc) is 3.20. The maximum Gasteiger partial charge on any atom is 0.229 e. The summed E-state index contributed by atoms with van der Waals surface area (Å²) >= 11 is 6.11. The Kier molecular flexibility index (Phi) is 5.63. The fourth-order valence-corrected chi connectivity index (χ4v) is 5.20. The van der Waals surface area contributed by atoms with Gasteiger partial charge in [-0.15, -0.1) is 0 Å².